The van der Waals surface area contributed by atoms with E-state index in [9.17, 15) is 4.79 Å². The highest BCUT2D eigenvalue weighted by atomic mass is 32.1. The molecule has 0 aliphatic carbocycles. The normalized spacial score (nSPS) is 11.9. The van der Waals surface area contributed by atoms with E-state index in [0.29, 0.717) is 5.00 Å². The molecule has 0 fully saturated rings. The third-order valence-corrected chi connectivity index (χ3v) is 3.52. The Kier molecular flexibility index (Phi) is 5.65. The Labute approximate surface area is 128 Å². The zero-order valence-corrected chi connectivity index (χ0v) is 12.9. The molecule has 0 saturated carbocycles. The first kappa shape index (κ1) is 15.4. The van der Waals surface area contributed by atoms with Gasteiger partial charge in [-0.05, 0) is 37.6 Å². The quantitative estimate of drug-likeness (QED) is 0.765. The van der Waals surface area contributed by atoms with E-state index in [-0.39, 0.29) is 12.1 Å². The zero-order chi connectivity index (χ0) is 15.1. The number of amides is 2. The molecule has 2 amide bonds. The van der Waals surface area contributed by atoms with Crippen LogP contribution in [0.2, 0.25) is 0 Å². The minimum absolute atomic E-state index is 0.250. The Morgan fingerprint density at radius 1 is 1.38 bits per heavy atom. The Morgan fingerprint density at radius 2 is 2.24 bits per heavy atom. The highest BCUT2D eigenvalue weighted by molar-refractivity contribution is 7.10. The number of carbonyl (C=O) groups excluding carboxylic acids is 1. The summed E-state index contributed by atoms with van der Waals surface area (Å²) in [5, 5.41) is 13.2. The minimum atomic E-state index is -0.299. The van der Waals surface area contributed by atoms with Crippen molar-refractivity contribution in [2.45, 2.75) is 26.3 Å². The largest absolute Gasteiger partial charge is 0.324 e. The average Bonchev–Trinajstić information content (AvgIpc) is 2.97. The van der Waals surface area contributed by atoms with Crippen molar-refractivity contribution in [2.75, 3.05) is 17.2 Å². The summed E-state index contributed by atoms with van der Waals surface area (Å²) in [6.07, 6.45) is 2.60. The molecule has 1 heterocycles. The summed E-state index contributed by atoms with van der Waals surface area (Å²) in [5.41, 5.74) is 1.90. The van der Waals surface area contributed by atoms with E-state index in [1.807, 2.05) is 24.3 Å². The summed E-state index contributed by atoms with van der Waals surface area (Å²) < 4.78 is 3.69. The lowest BCUT2D eigenvalue weighted by Gasteiger charge is -2.15. The first-order valence-electron chi connectivity index (χ1n) is 6.87. The van der Waals surface area contributed by atoms with Crippen LogP contribution in [0.5, 0.6) is 0 Å². The molecule has 0 radical (unpaired) electrons. The molecule has 1 aromatic heterocycles. The van der Waals surface area contributed by atoms with Gasteiger partial charge in [-0.2, -0.15) is 0 Å². The molecular formula is C14H19N5OS. The van der Waals surface area contributed by atoms with Crippen LogP contribution >= 0.6 is 11.5 Å². The molecule has 6 nitrogen and oxygen atoms in total. The van der Waals surface area contributed by atoms with Crippen molar-refractivity contribution in [3.8, 4) is 0 Å². The number of hydrogen-bond acceptors (Lipinski definition) is 5. The van der Waals surface area contributed by atoms with Crippen LogP contribution in [0.25, 0.3) is 0 Å². The van der Waals surface area contributed by atoms with Gasteiger partial charge in [0.2, 0.25) is 0 Å². The highest BCUT2D eigenvalue weighted by Crippen LogP contribution is 2.18. The SMILES string of the molecule is CCCNC(C)c1cccc(NC(=O)Nc2cnns2)c1. The lowest BCUT2D eigenvalue weighted by atomic mass is 10.1. The maximum absolute atomic E-state index is 11.8. The van der Waals surface area contributed by atoms with Crippen LogP contribution in [0.15, 0.2) is 30.5 Å². The van der Waals surface area contributed by atoms with Gasteiger partial charge in [-0.3, -0.25) is 5.32 Å². The molecule has 112 valence electrons. The summed E-state index contributed by atoms with van der Waals surface area (Å²) >= 11 is 1.14. The van der Waals surface area contributed by atoms with Crippen LogP contribution in [0.3, 0.4) is 0 Å². The van der Waals surface area contributed by atoms with Crippen molar-refractivity contribution < 1.29 is 4.79 Å². The fourth-order valence-corrected chi connectivity index (χ4v) is 2.28. The van der Waals surface area contributed by atoms with E-state index >= 15 is 0 Å². The Hall–Kier alpha value is -1.99. The Balaban J connectivity index is 1.95. The molecule has 0 aliphatic heterocycles. The molecule has 1 atom stereocenters. The standard InChI is InChI=1S/C14H19N5OS/c1-3-7-15-10(2)11-5-4-6-12(8-11)17-14(20)18-13-9-16-19-21-13/h4-6,8-10,15H,3,7H2,1-2H3,(H2,17,18,20). The summed E-state index contributed by atoms with van der Waals surface area (Å²) in [5.74, 6) is 0. The number of urea groups is 1. The highest BCUT2D eigenvalue weighted by Gasteiger charge is 2.07. The average molecular weight is 305 g/mol. The molecule has 0 spiro atoms. The van der Waals surface area contributed by atoms with Crippen LogP contribution in [-0.4, -0.2) is 22.2 Å². The number of rotatable bonds is 6. The zero-order valence-electron chi connectivity index (χ0n) is 12.1. The van der Waals surface area contributed by atoms with Crippen molar-refractivity contribution in [3.63, 3.8) is 0 Å². The Bertz CT molecular complexity index is 573. The molecule has 2 rings (SSSR count). The second-order valence-electron chi connectivity index (χ2n) is 4.66. The first-order chi connectivity index (χ1) is 10.2. The van der Waals surface area contributed by atoms with Gasteiger partial charge in [0.25, 0.3) is 0 Å². The van der Waals surface area contributed by atoms with Gasteiger partial charge in [0.05, 0.1) is 6.20 Å². The smallest absolute Gasteiger partial charge is 0.310 e. The molecule has 1 unspecified atom stereocenters. The van der Waals surface area contributed by atoms with Crippen LogP contribution in [0.1, 0.15) is 31.9 Å². The van der Waals surface area contributed by atoms with Crippen molar-refractivity contribution in [2.24, 2.45) is 0 Å². The molecule has 21 heavy (non-hydrogen) atoms. The number of benzene rings is 1. The molecule has 0 bridgehead atoms. The van der Waals surface area contributed by atoms with E-state index in [0.717, 1.165) is 35.7 Å². The number of nitrogens with one attached hydrogen (secondary N) is 3. The van der Waals surface area contributed by atoms with Gasteiger partial charge in [0, 0.05) is 23.3 Å². The maximum atomic E-state index is 11.8. The molecular weight excluding hydrogens is 286 g/mol. The van der Waals surface area contributed by atoms with Crippen molar-refractivity contribution in [1.82, 2.24) is 14.9 Å². The van der Waals surface area contributed by atoms with Crippen molar-refractivity contribution in [3.05, 3.63) is 36.0 Å². The van der Waals surface area contributed by atoms with Crippen molar-refractivity contribution in [1.29, 1.82) is 0 Å². The second kappa shape index (κ2) is 7.70. The van der Waals surface area contributed by atoms with E-state index in [1.54, 1.807) is 0 Å². The summed E-state index contributed by atoms with van der Waals surface area (Å²) in [6.45, 7) is 5.21. The van der Waals surface area contributed by atoms with Crippen LogP contribution < -0.4 is 16.0 Å². The molecule has 0 aliphatic rings. The minimum Gasteiger partial charge on any atom is -0.310 e. The maximum Gasteiger partial charge on any atom is 0.324 e. The van der Waals surface area contributed by atoms with Gasteiger partial charge in [-0.1, -0.05) is 23.5 Å². The van der Waals surface area contributed by atoms with Crippen molar-refractivity contribution >= 4 is 28.3 Å². The fourth-order valence-electron chi connectivity index (χ4n) is 1.86. The summed E-state index contributed by atoms with van der Waals surface area (Å²) in [7, 11) is 0. The summed E-state index contributed by atoms with van der Waals surface area (Å²) in [6, 6.07) is 7.76. The predicted octanol–water partition coefficient (Wildman–Crippen LogP) is 3.24. The van der Waals surface area contributed by atoms with Crippen LogP contribution in [0, 0.1) is 0 Å². The number of anilines is 2. The van der Waals surface area contributed by atoms with Gasteiger partial charge in [0.15, 0.2) is 0 Å². The van der Waals surface area contributed by atoms with E-state index in [1.165, 1.54) is 6.20 Å². The monoisotopic (exact) mass is 305 g/mol. The van der Waals surface area contributed by atoms with E-state index < -0.39 is 0 Å². The number of nitrogens with zero attached hydrogens (tertiary/aromatic N) is 2. The first-order valence-corrected chi connectivity index (χ1v) is 7.65. The number of hydrogen-bond donors (Lipinski definition) is 3. The lowest BCUT2D eigenvalue weighted by molar-refractivity contribution is 0.262. The second-order valence-corrected chi connectivity index (χ2v) is 5.45. The lowest BCUT2D eigenvalue weighted by Crippen LogP contribution is -2.21. The van der Waals surface area contributed by atoms with Gasteiger partial charge in [-0.25, -0.2) is 4.79 Å². The molecule has 0 saturated heterocycles. The van der Waals surface area contributed by atoms with Crippen LogP contribution in [0.4, 0.5) is 15.5 Å². The number of carbonyl (C=O) groups is 1. The topological polar surface area (TPSA) is 78.9 Å². The molecule has 2 aromatic rings. The molecule has 7 heteroatoms. The number of aromatic nitrogens is 2. The van der Waals surface area contributed by atoms with E-state index in [2.05, 4.69) is 39.4 Å². The molecule has 1 aromatic carbocycles. The Morgan fingerprint density at radius 3 is 2.95 bits per heavy atom. The van der Waals surface area contributed by atoms with Gasteiger partial charge in [-0.15, -0.1) is 5.10 Å². The molecule has 3 N–H and O–H groups in total. The van der Waals surface area contributed by atoms with Gasteiger partial charge in [0.1, 0.15) is 5.00 Å². The fraction of sp³-hybridized carbons (Fsp3) is 0.357. The third kappa shape index (κ3) is 4.80. The van der Waals surface area contributed by atoms with Gasteiger partial charge >= 0.3 is 6.03 Å². The van der Waals surface area contributed by atoms with Gasteiger partial charge < -0.3 is 10.6 Å². The predicted molar refractivity (Wildman–Crippen MR) is 85.7 cm³/mol. The third-order valence-electron chi connectivity index (χ3n) is 2.94. The summed E-state index contributed by atoms with van der Waals surface area (Å²) in [4.78, 5) is 11.8. The van der Waals surface area contributed by atoms with E-state index in [4.69, 9.17) is 0 Å². The van der Waals surface area contributed by atoms with Crippen LogP contribution in [-0.2, 0) is 0 Å².